The normalized spacial score (nSPS) is 10.7. The van der Waals surface area contributed by atoms with Crippen LogP contribution < -0.4 is 5.73 Å². The molecule has 36 heavy (non-hydrogen) atoms. The molecular weight excluding hydrogens is 634 g/mol. The second-order valence-electron chi connectivity index (χ2n) is 8.00. The number of benzene rings is 3. The SMILES string of the molecule is Cn1cnc(-c2cccc(N=C(c3ccccc3)c3ccccc3)c2)c1[C](=[W])Sc1[c-]c(N)ncc1. The molecule has 176 valence electrons. The van der Waals surface area contributed by atoms with Crippen LogP contribution in [0.3, 0.4) is 0 Å². The summed E-state index contributed by atoms with van der Waals surface area (Å²) in [7, 11) is 2.02. The molecule has 3 aromatic carbocycles. The first-order valence-corrected chi connectivity index (χ1v) is 13.5. The number of nitrogens with zero attached hydrogens (tertiary/aromatic N) is 4. The topological polar surface area (TPSA) is 69.1 Å². The molecule has 5 nitrogen and oxygen atoms in total. The van der Waals surface area contributed by atoms with Gasteiger partial charge in [-0.15, -0.1) is 0 Å². The van der Waals surface area contributed by atoms with E-state index in [0.717, 1.165) is 44.4 Å². The van der Waals surface area contributed by atoms with Crippen molar-refractivity contribution in [2.45, 2.75) is 4.90 Å². The minimum atomic E-state index is 0.395. The number of nitrogens with two attached hydrogens (primary N) is 1. The average Bonchev–Trinajstić information content (AvgIpc) is 3.30. The van der Waals surface area contributed by atoms with Gasteiger partial charge in [0.25, 0.3) is 0 Å². The third-order valence-electron chi connectivity index (χ3n) is 5.48. The molecule has 0 fully saturated rings. The van der Waals surface area contributed by atoms with Crippen LogP contribution in [-0.2, 0) is 26.4 Å². The molecule has 0 atom stereocenters. The van der Waals surface area contributed by atoms with Gasteiger partial charge in [-0.05, 0) is 0 Å². The van der Waals surface area contributed by atoms with E-state index < -0.39 is 0 Å². The fourth-order valence-electron chi connectivity index (χ4n) is 3.82. The molecule has 0 saturated heterocycles. The van der Waals surface area contributed by atoms with Crippen molar-refractivity contribution in [3.63, 3.8) is 0 Å². The molecule has 2 heterocycles. The molecule has 7 heteroatoms. The van der Waals surface area contributed by atoms with Gasteiger partial charge in [0.1, 0.15) is 0 Å². The Hall–Kier alpha value is -3.60. The van der Waals surface area contributed by atoms with Gasteiger partial charge < -0.3 is 0 Å². The molecule has 0 saturated carbocycles. The Morgan fingerprint density at radius 3 is 2.28 bits per heavy atom. The Labute approximate surface area is 225 Å². The average molecular weight is 656 g/mol. The standard InChI is InChI=1S/C29H22N5S.W/c1-34-20-32-29(26(34)19-35-25-15-16-31-27(30)18-25)23-13-8-14-24(17-23)33-28(21-9-4-2-5-10-21)22-11-6-3-7-12-22;/h2-17,20H,1H3,(H2,30,31);/q-1;. The number of aryl methyl sites for hydroxylation is 1. The first-order valence-electron chi connectivity index (χ1n) is 11.3. The molecule has 5 aromatic rings. The van der Waals surface area contributed by atoms with Gasteiger partial charge in [0.15, 0.2) is 0 Å². The van der Waals surface area contributed by atoms with Crippen molar-refractivity contribution in [1.82, 2.24) is 14.5 Å². The summed E-state index contributed by atoms with van der Waals surface area (Å²) in [4.78, 5) is 14.8. The van der Waals surface area contributed by atoms with Gasteiger partial charge in [-0.3, -0.25) is 0 Å². The summed E-state index contributed by atoms with van der Waals surface area (Å²) in [6.07, 6.45) is 3.56. The fourth-order valence-corrected chi connectivity index (χ4v) is 6.47. The van der Waals surface area contributed by atoms with Gasteiger partial charge in [0.2, 0.25) is 0 Å². The van der Waals surface area contributed by atoms with Gasteiger partial charge in [0.05, 0.1) is 0 Å². The van der Waals surface area contributed by atoms with E-state index in [2.05, 4.69) is 52.0 Å². The van der Waals surface area contributed by atoms with Crippen LogP contribution in [0.25, 0.3) is 11.3 Å². The quantitative estimate of drug-likeness (QED) is 0.136. The summed E-state index contributed by atoms with van der Waals surface area (Å²) in [5.74, 6) is 0.395. The van der Waals surface area contributed by atoms with Crippen LogP contribution in [0.4, 0.5) is 11.5 Å². The van der Waals surface area contributed by atoms with Gasteiger partial charge >= 0.3 is 226 Å². The maximum absolute atomic E-state index is 5.83. The monoisotopic (exact) mass is 656 g/mol. The summed E-state index contributed by atoms with van der Waals surface area (Å²) in [5.41, 5.74) is 12.8. The molecule has 0 aliphatic heterocycles. The zero-order valence-electron chi connectivity index (χ0n) is 19.5. The Morgan fingerprint density at radius 1 is 0.917 bits per heavy atom. The van der Waals surface area contributed by atoms with Crippen molar-refractivity contribution in [3.05, 3.63) is 126 Å². The molecule has 2 aromatic heterocycles. The molecule has 0 amide bonds. The number of anilines is 1. The predicted molar refractivity (Wildman–Crippen MR) is 144 cm³/mol. The summed E-state index contributed by atoms with van der Waals surface area (Å²) >= 11 is 2.98. The third-order valence-corrected chi connectivity index (χ3v) is 7.91. The van der Waals surface area contributed by atoms with Gasteiger partial charge in [-0.2, -0.15) is 0 Å². The van der Waals surface area contributed by atoms with Gasteiger partial charge in [-0.1, -0.05) is 0 Å². The van der Waals surface area contributed by atoms with E-state index in [0.29, 0.717) is 5.82 Å². The zero-order chi connectivity index (χ0) is 24.9. The van der Waals surface area contributed by atoms with E-state index in [9.17, 15) is 0 Å². The Morgan fingerprint density at radius 2 is 1.61 bits per heavy atom. The molecule has 0 aliphatic rings. The molecule has 0 bridgehead atoms. The van der Waals surface area contributed by atoms with Crippen LogP contribution in [0.5, 0.6) is 0 Å². The molecular formula is C29H22N5SW-. The summed E-state index contributed by atoms with van der Waals surface area (Å²) in [5, 5.41) is 0. The van der Waals surface area contributed by atoms with E-state index >= 15 is 0 Å². The number of hydrogen-bond acceptors (Lipinski definition) is 5. The van der Waals surface area contributed by atoms with Crippen molar-refractivity contribution in [2.24, 2.45) is 12.0 Å². The number of aromatic nitrogens is 3. The summed E-state index contributed by atoms with van der Waals surface area (Å²) in [6.45, 7) is 0. The van der Waals surface area contributed by atoms with Crippen molar-refractivity contribution < 1.29 is 19.4 Å². The predicted octanol–water partition coefficient (Wildman–Crippen LogP) is 5.85. The number of imidazole rings is 1. The number of nitrogen functional groups attached to an aromatic ring is 1. The van der Waals surface area contributed by atoms with Crippen molar-refractivity contribution in [2.75, 3.05) is 5.73 Å². The number of rotatable bonds is 7. The Bertz CT molecular complexity index is 1500. The van der Waals surface area contributed by atoms with Gasteiger partial charge in [-0.25, -0.2) is 0 Å². The van der Waals surface area contributed by atoms with E-state index in [1.165, 1.54) is 22.6 Å². The molecule has 0 unspecified atom stereocenters. The van der Waals surface area contributed by atoms with E-state index in [-0.39, 0.29) is 0 Å². The van der Waals surface area contributed by atoms with E-state index in [1.807, 2.05) is 68.0 Å². The molecule has 0 spiro atoms. The molecule has 0 aliphatic carbocycles. The van der Waals surface area contributed by atoms with E-state index in [4.69, 9.17) is 15.7 Å². The summed E-state index contributed by atoms with van der Waals surface area (Å²) < 4.78 is 3.24. The van der Waals surface area contributed by atoms with Crippen LogP contribution in [0.2, 0.25) is 0 Å². The Kier molecular flexibility index (Phi) is 7.35. The van der Waals surface area contributed by atoms with Crippen molar-refractivity contribution in [1.29, 1.82) is 0 Å². The van der Waals surface area contributed by atoms with Crippen molar-refractivity contribution in [3.8, 4) is 11.3 Å². The van der Waals surface area contributed by atoms with Crippen LogP contribution in [0, 0.1) is 6.07 Å². The second-order valence-corrected chi connectivity index (χ2v) is 11.5. The number of hydrogen-bond donors (Lipinski definition) is 1. The number of pyridine rings is 1. The first-order chi connectivity index (χ1) is 17.6. The fraction of sp³-hybridized carbons (Fsp3) is 0.0345. The zero-order valence-corrected chi connectivity index (χ0v) is 23.2. The summed E-state index contributed by atoms with van der Waals surface area (Å²) in [6, 6.07) is 33.8. The van der Waals surface area contributed by atoms with Gasteiger partial charge in [0, 0.05) is 0 Å². The molecule has 0 radical (unpaired) electrons. The first kappa shape index (κ1) is 24.1. The van der Waals surface area contributed by atoms with Crippen LogP contribution >= 0.6 is 11.8 Å². The minimum absolute atomic E-state index is 0.395. The van der Waals surface area contributed by atoms with E-state index in [1.54, 1.807) is 18.0 Å². The van der Waals surface area contributed by atoms with Crippen molar-refractivity contribution >= 4 is 32.2 Å². The molecule has 5 rings (SSSR count). The third kappa shape index (κ3) is 5.46. The van der Waals surface area contributed by atoms with Crippen LogP contribution in [0.1, 0.15) is 16.8 Å². The maximum atomic E-state index is 5.83. The van der Waals surface area contributed by atoms with Crippen LogP contribution in [0.15, 0.2) is 113 Å². The van der Waals surface area contributed by atoms with Crippen LogP contribution in [-0.4, -0.2) is 23.5 Å². The molecule has 2 N–H and O–H groups in total. The number of aliphatic imine (C=N–C) groups is 1. The Balaban J connectivity index is 1.53. The second kappa shape index (κ2) is 11.0. The number of thioether (sulfide) groups is 1.